The lowest BCUT2D eigenvalue weighted by atomic mass is 10.1. The molecule has 0 unspecified atom stereocenters. The Kier molecular flexibility index (Phi) is 4.29. The smallest absolute Gasteiger partial charge is 0.274 e. The van der Waals surface area contributed by atoms with Crippen LogP contribution in [0.3, 0.4) is 0 Å². The lowest BCUT2D eigenvalue weighted by Crippen LogP contribution is -2.14. The van der Waals surface area contributed by atoms with Crippen LogP contribution < -0.4 is 5.32 Å². The molecule has 0 radical (unpaired) electrons. The van der Waals surface area contributed by atoms with E-state index in [1.807, 2.05) is 6.92 Å². The summed E-state index contributed by atoms with van der Waals surface area (Å²) >= 11 is 3.37. The standard InChI is InChI=1S/C15H13BrN2O2/c1-9-8-17-14(7-13(9)16)15(20)18-12-5-3-4-11(6-12)10(2)19/h3-8H,1-2H3,(H,18,20). The van der Waals surface area contributed by atoms with Gasteiger partial charge in [0.2, 0.25) is 0 Å². The molecule has 102 valence electrons. The van der Waals surface area contributed by atoms with E-state index in [0.717, 1.165) is 10.0 Å². The molecule has 20 heavy (non-hydrogen) atoms. The van der Waals surface area contributed by atoms with Gasteiger partial charge in [0.1, 0.15) is 5.69 Å². The van der Waals surface area contributed by atoms with Gasteiger partial charge in [-0.15, -0.1) is 0 Å². The summed E-state index contributed by atoms with van der Waals surface area (Å²) in [7, 11) is 0. The number of aryl methyl sites for hydroxylation is 1. The van der Waals surface area contributed by atoms with E-state index in [0.29, 0.717) is 16.9 Å². The molecule has 1 amide bonds. The van der Waals surface area contributed by atoms with Gasteiger partial charge in [-0.25, -0.2) is 0 Å². The number of Topliss-reactive ketones (excluding diaryl/α,β-unsaturated/α-hetero) is 1. The van der Waals surface area contributed by atoms with Gasteiger partial charge in [-0.2, -0.15) is 0 Å². The molecule has 0 bridgehead atoms. The molecule has 1 N–H and O–H groups in total. The Bertz CT molecular complexity index is 683. The van der Waals surface area contributed by atoms with E-state index in [1.54, 1.807) is 36.5 Å². The molecule has 0 saturated heterocycles. The lowest BCUT2D eigenvalue weighted by Gasteiger charge is -2.07. The van der Waals surface area contributed by atoms with Crippen molar-refractivity contribution in [2.24, 2.45) is 0 Å². The van der Waals surface area contributed by atoms with Gasteiger partial charge in [0.15, 0.2) is 5.78 Å². The van der Waals surface area contributed by atoms with Crippen molar-refractivity contribution in [2.75, 3.05) is 5.32 Å². The number of carbonyl (C=O) groups excluding carboxylic acids is 2. The van der Waals surface area contributed by atoms with Crippen LogP contribution in [0.25, 0.3) is 0 Å². The number of hydrogen-bond donors (Lipinski definition) is 1. The number of benzene rings is 1. The summed E-state index contributed by atoms with van der Waals surface area (Å²) in [4.78, 5) is 27.5. The van der Waals surface area contributed by atoms with Crippen molar-refractivity contribution < 1.29 is 9.59 Å². The first-order valence-electron chi connectivity index (χ1n) is 6.02. The van der Waals surface area contributed by atoms with Gasteiger partial charge >= 0.3 is 0 Å². The van der Waals surface area contributed by atoms with Crippen LogP contribution in [0.5, 0.6) is 0 Å². The molecule has 4 nitrogen and oxygen atoms in total. The molecule has 0 spiro atoms. The van der Waals surface area contributed by atoms with Gasteiger partial charge in [0.05, 0.1) is 0 Å². The number of pyridine rings is 1. The van der Waals surface area contributed by atoms with Crippen LogP contribution in [0.1, 0.15) is 33.3 Å². The van der Waals surface area contributed by atoms with Crippen molar-refractivity contribution >= 4 is 33.3 Å². The molecule has 2 rings (SSSR count). The van der Waals surface area contributed by atoms with Gasteiger partial charge in [-0.05, 0) is 37.6 Å². The van der Waals surface area contributed by atoms with Crippen LogP contribution in [0.15, 0.2) is 41.0 Å². The quantitative estimate of drug-likeness (QED) is 0.873. The van der Waals surface area contributed by atoms with E-state index in [1.165, 1.54) is 6.92 Å². The van der Waals surface area contributed by atoms with Crippen LogP contribution in [0, 0.1) is 6.92 Å². The third kappa shape index (κ3) is 3.30. The number of carbonyl (C=O) groups is 2. The fourth-order valence-corrected chi connectivity index (χ4v) is 1.95. The van der Waals surface area contributed by atoms with E-state index in [-0.39, 0.29) is 11.7 Å². The summed E-state index contributed by atoms with van der Waals surface area (Å²) in [5.74, 6) is -0.358. The number of anilines is 1. The number of rotatable bonds is 3. The van der Waals surface area contributed by atoms with Crippen LogP contribution in [0.4, 0.5) is 5.69 Å². The third-order valence-electron chi connectivity index (χ3n) is 2.80. The zero-order chi connectivity index (χ0) is 14.7. The largest absolute Gasteiger partial charge is 0.321 e. The molecule has 0 aliphatic rings. The van der Waals surface area contributed by atoms with Crippen molar-refractivity contribution in [1.29, 1.82) is 0 Å². The Morgan fingerprint density at radius 1 is 1.25 bits per heavy atom. The maximum absolute atomic E-state index is 12.1. The van der Waals surface area contributed by atoms with E-state index >= 15 is 0 Å². The van der Waals surface area contributed by atoms with Crippen LogP contribution >= 0.6 is 15.9 Å². The van der Waals surface area contributed by atoms with Gasteiger partial charge in [-0.3, -0.25) is 14.6 Å². The summed E-state index contributed by atoms with van der Waals surface area (Å²) in [6, 6.07) is 8.47. The highest BCUT2D eigenvalue weighted by Gasteiger charge is 2.10. The Balaban J connectivity index is 2.21. The number of hydrogen-bond acceptors (Lipinski definition) is 3. The molecule has 0 atom stereocenters. The van der Waals surface area contributed by atoms with Crippen LogP contribution in [0.2, 0.25) is 0 Å². The highest BCUT2D eigenvalue weighted by atomic mass is 79.9. The Morgan fingerprint density at radius 2 is 2.00 bits per heavy atom. The molecular weight excluding hydrogens is 320 g/mol. The second-order valence-electron chi connectivity index (χ2n) is 4.41. The molecule has 0 aliphatic carbocycles. The lowest BCUT2D eigenvalue weighted by molar-refractivity contribution is 0.100. The van der Waals surface area contributed by atoms with Crippen molar-refractivity contribution in [1.82, 2.24) is 4.98 Å². The minimum Gasteiger partial charge on any atom is -0.321 e. The van der Waals surface area contributed by atoms with Crippen molar-refractivity contribution in [3.05, 3.63) is 57.8 Å². The topological polar surface area (TPSA) is 59.1 Å². The first-order valence-corrected chi connectivity index (χ1v) is 6.81. The Morgan fingerprint density at radius 3 is 2.65 bits per heavy atom. The maximum Gasteiger partial charge on any atom is 0.274 e. The Hall–Kier alpha value is -2.01. The first-order chi connectivity index (χ1) is 9.47. The highest BCUT2D eigenvalue weighted by Crippen LogP contribution is 2.17. The van der Waals surface area contributed by atoms with Crippen molar-refractivity contribution in [2.45, 2.75) is 13.8 Å². The molecule has 0 aliphatic heterocycles. The number of halogens is 1. The predicted molar refractivity (Wildman–Crippen MR) is 81.1 cm³/mol. The minimum atomic E-state index is -0.314. The monoisotopic (exact) mass is 332 g/mol. The molecule has 0 saturated carbocycles. The molecule has 5 heteroatoms. The van der Waals surface area contributed by atoms with Crippen molar-refractivity contribution in [3.8, 4) is 0 Å². The van der Waals surface area contributed by atoms with E-state index in [9.17, 15) is 9.59 Å². The second-order valence-corrected chi connectivity index (χ2v) is 5.26. The van der Waals surface area contributed by atoms with Crippen LogP contribution in [-0.2, 0) is 0 Å². The fraction of sp³-hybridized carbons (Fsp3) is 0.133. The summed E-state index contributed by atoms with van der Waals surface area (Å²) in [6.45, 7) is 3.38. The normalized spacial score (nSPS) is 10.2. The number of amides is 1. The maximum atomic E-state index is 12.1. The molecule has 0 fully saturated rings. The van der Waals surface area contributed by atoms with Gasteiger partial charge in [0.25, 0.3) is 5.91 Å². The molecule has 2 aromatic rings. The zero-order valence-electron chi connectivity index (χ0n) is 11.1. The summed E-state index contributed by atoms with van der Waals surface area (Å²) in [5.41, 5.74) is 2.40. The average molecular weight is 333 g/mol. The van der Waals surface area contributed by atoms with Gasteiger partial charge in [0, 0.05) is 21.9 Å². The number of aromatic nitrogens is 1. The molecule has 1 heterocycles. The Labute approximate surface area is 125 Å². The SMILES string of the molecule is CC(=O)c1cccc(NC(=O)c2cc(Br)c(C)cn2)c1. The summed E-state index contributed by atoms with van der Waals surface area (Å²) in [6.07, 6.45) is 1.63. The second kappa shape index (κ2) is 5.96. The zero-order valence-corrected chi connectivity index (χ0v) is 12.7. The van der Waals surface area contributed by atoms with E-state index < -0.39 is 0 Å². The van der Waals surface area contributed by atoms with Gasteiger partial charge < -0.3 is 5.32 Å². The summed E-state index contributed by atoms with van der Waals surface area (Å²) in [5, 5.41) is 2.73. The summed E-state index contributed by atoms with van der Waals surface area (Å²) < 4.78 is 0.829. The van der Waals surface area contributed by atoms with E-state index in [2.05, 4.69) is 26.2 Å². The number of nitrogens with zero attached hydrogens (tertiary/aromatic N) is 1. The highest BCUT2D eigenvalue weighted by molar-refractivity contribution is 9.10. The van der Waals surface area contributed by atoms with E-state index in [4.69, 9.17) is 0 Å². The van der Waals surface area contributed by atoms with Gasteiger partial charge in [-0.1, -0.05) is 28.1 Å². The van der Waals surface area contributed by atoms with Crippen molar-refractivity contribution in [3.63, 3.8) is 0 Å². The average Bonchev–Trinajstić information content (AvgIpc) is 2.42. The predicted octanol–water partition coefficient (Wildman–Crippen LogP) is 3.61. The minimum absolute atomic E-state index is 0.0442. The molecular formula is C15H13BrN2O2. The molecule has 1 aromatic heterocycles. The molecule has 1 aromatic carbocycles. The number of ketones is 1. The van der Waals surface area contributed by atoms with Crippen LogP contribution in [-0.4, -0.2) is 16.7 Å². The third-order valence-corrected chi connectivity index (χ3v) is 3.65. The fourth-order valence-electron chi connectivity index (χ4n) is 1.63. The first kappa shape index (κ1) is 14.4. The number of nitrogens with one attached hydrogen (secondary N) is 1.